The van der Waals surface area contributed by atoms with Crippen molar-refractivity contribution >= 4 is 21.9 Å². The van der Waals surface area contributed by atoms with Gasteiger partial charge in [-0.3, -0.25) is 4.79 Å². The molecule has 0 radical (unpaired) electrons. The molecule has 0 bridgehead atoms. The van der Waals surface area contributed by atoms with E-state index in [2.05, 4.69) is 24.1 Å². The van der Waals surface area contributed by atoms with Crippen LogP contribution in [0.3, 0.4) is 0 Å². The maximum absolute atomic E-state index is 13.1. The second-order valence-corrected chi connectivity index (χ2v) is 11.1. The molecule has 9 heteroatoms. The van der Waals surface area contributed by atoms with Crippen molar-refractivity contribution < 1.29 is 22.7 Å². The van der Waals surface area contributed by atoms with Crippen LogP contribution in [0, 0.1) is 0 Å². The number of sulfonamides is 1. The first kappa shape index (κ1) is 26.8. The van der Waals surface area contributed by atoms with Gasteiger partial charge in [-0.15, -0.1) is 0 Å². The molecule has 8 nitrogen and oxygen atoms in total. The van der Waals surface area contributed by atoms with Crippen LogP contribution in [0.1, 0.15) is 72.6 Å². The highest BCUT2D eigenvalue weighted by Crippen LogP contribution is 2.41. The van der Waals surface area contributed by atoms with Crippen LogP contribution in [0.25, 0.3) is 0 Å². The van der Waals surface area contributed by atoms with Crippen molar-refractivity contribution in [2.24, 2.45) is 0 Å². The summed E-state index contributed by atoms with van der Waals surface area (Å²) in [5.41, 5.74) is -0.300. The lowest BCUT2D eigenvalue weighted by atomic mass is 9.83. The minimum absolute atomic E-state index is 0.0372. The second-order valence-electron chi connectivity index (χ2n) is 8.84. The minimum atomic E-state index is -3.30. The van der Waals surface area contributed by atoms with E-state index in [1.807, 2.05) is 0 Å². The fourth-order valence-electron chi connectivity index (χ4n) is 4.48. The largest absolute Gasteiger partial charge is 0.450 e. The summed E-state index contributed by atoms with van der Waals surface area (Å²) in [5, 5.41) is 2.98. The molecule has 0 atom stereocenters. The highest BCUT2D eigenvalue weighted by molar-refractivity contribution is 7.89. The van der Waals surface area contributed by atoms with E-state index in [-0.39, 0.29) is 24.7 Å². The van der Waals surface area contributed by atoms with Crippen molar-refractivity contribution in [3.05, 3.63) is 11.1 Å². The van der Waals surface area contributed by atoms with E-state index < -0.39 is 21.6 Å². The summed E-state index contributed by atoms with van der Waals surface area (Å²) in [6, 6.07) is 0. The Bertz CT molecular complexity index is 777. The van der Waals surface area contributed by atoms with Crippen LogP contribution in [-0.4, -0.2) is 80.1 Å². The standard InChI is InChI=1S/C23H41N3O5S/c1-5-8-14-25(15-9-6-2)16-10-13-24-21(27)20-19(4)22(28)31-23(20)11-17-26(18-12-23)32(29,30)7-3/h5-18H2,1-4H3,(H,24,27). The van der Waals surface area contributed by atoms with Crippen molar-refractivity contribution in [1.29, 1.82) is 0 Å². The lowest BCUT2D eigenvalue weighted by molar-refractivity contribution is -0.150. The monoisotopic (exact) mass is 471 g/mol. The van der Waals surface area contributed by atoms with Crippen molar-refractivity contribution in [2.45, 2.75) is 78.2 Å². The Hall–Kier alpha value is -1.45. The van der Waals surface area contributed by atoms with Gasteiger partial charge in [0.2, 0.25) is 10.0 Å². The number of hydrogen-bond acceptors (Lipinski definition) is 6. The van der Waals surface area contributed by atoms with Gasteiger partial charge in [-0.2, -0.15) is 0 Å². The van der Waals surface area contributed by atoms with E-state index in [1.165, 1.54) is 30.0 Å². The quantitative estimate of drug-likeness (QED) is 0.327. The average molecular weight is 472 g/mol. The maximum Gasteiger partial charge on any atom is 0.335 e. The zero-order chi connectivity index (χ0) is 23.8. The predicted octanol–water partition coefficient (Wildman–Crippen LogP) is 2.45. The van der Waals surface area contributed by atoms with Gasteiger partial charge in [0.1, 0.15) is 5.60 Å². The summed E-state index contributed by atoms with van der Waals surface area (Å²) in [5.74, 6) is -0.712. The molecular formula is C23H41N3O5S. The molecule has 0 saturated carbocycles. The number of unbranched alkanes of at least 4 members (excludes halogenated alkanes) is 2. The molecule has 2 heterocycles. The zero-order valence-corrected chi connectivity index (χ0v) is 21.1. The van der Waals surface area contributed by atoms with Crippen LogP contribution in [0.15, 0.2) is 11.1 Å². The maximum atomic E-state index is 13.1. The molecule has 2 aliphatic rings. The number of rotatable bonds is 13. The summed E-state index contributed by atoms with van der Waals surface area (Å²) in [6.07, 6.45) is 6.14. The van der Waals surface area contributed by atoms with Crippen LogP contribution >= 0.6 is 0 Å². The van der Waals surface area contributed by atoms with Crippen LogP contribution in [0.5, 0.6) is 0 Å². The summed E-state index contributed by atoms with van der Waals surface area (Å²) in [6.45, 7) is 11.7. The molecule has 2 aliphatic heterocycles. The van der Waals surface area contributed by atoms with E-state index in [4.69, 9.17) is 4.74 Å². The first-order chi connectivity index (χ1) is 15.2. The minimum Gasteiger partial charge on any atom is -0.450 e. The van der Waals surface area contributed by atoms with Crippen LogP contribution in [-0.2, 0) is 24.3 Å². The molecule has 1 fully saturated rings. The summed E-state index contributed by atoms with van der Waals surface area (Å²) in [7, 11) is -3.30. The second kappa shape index (κ2) is 12.1. The van der Waals surface area contributed by atoms with Gasteiger partial charge in [-0.1, -0.05) is 26.7 Å². The summed E-state index contributed by atoms with van der Waals surface area (Å²) in [4.78, 5) is 27.8. The van der Waals surface area contributed by atoms with Gasteiger partial charge in [0, 0.05) is 38.0 Å². The third-order valence-electron chi connectivity index (χ3n) is 6.53. The van der Waals surface area contributed by atoms with E-state index in [0.717, 1.165) is 26.1 Å². The highest BCUT2D eigenvalue weighted by atomic mass is 32.2. The molecule has 1 amide bonds. The molecule has 0 aromatic heterocycles. The Labute approximate surface area is 193 Å². The van der Waals surface area contributed by atoms with Crippen molar-refractivity contribution in [3.8, 4) is 0 Å². The van der Waals surface area contributed by atoms with Crippen LogP contribution in [0.4, 0.5) is 0 Å². The lowest BCUT2D eigenvalue weighted by Crippen LogP contribution is -2.50. The number of nitrogens with zero attached hydrogens (tertiary/aromatic N) is 2. The first-order valence-corrected chi connectivity index (χ1v) is 13.7. The van der Waals surface area contributed by atoms with Gasteiger partial charge in [0.25, 0.3) is 5.91 Å². The average Bonchev–Trinajstić information content (AvgIpc) is 3.01. The fourth-order valence-corrected chi connectivity index (χ4v) is 5.58. The van der Waals surface area contributed by atoms with Gasteiger partial charge >= 0.3 is 5.97 Å². The van der Waals surface area contributed by atoms with Crippen molar-refractivity contribution in [2.75, 3.05) is 45.0 Å². The van der Waals surface area contributed by atoms with E-state index in [9.17, 15) is 18.0 Å². The number of nitrogens with one attached hydrogen (secondary N) is 1. The lowest BCUT2D eigenvalue weighted by Gasteiger charge is -2.38. The number of esters is 1. The molecule has 184 valence electrons. The van der Waals surface area contributed by atoms with Crippen LogP contribution in [0.2, 0.25) is 0 Å². The molecule has 2 rings (SSSR count). The number of amides is 1. The van der Waals surface area contributed by atoms with Crippen LogP contribution < -0.4 is 5.32 Å². The third kappa shape index (κ3) is 6.54. The van der Waals surface area contributed by atoms with Gasteiger partial charge in [-0.05, 0) is 52.7 Å². The molecular weight excluding hydrogens is 430 g/mol. The number of ether oxygens (including phenoxy) is 1. The number of piperidine rings is 1. The normalized spacial score (nSPS) is 19.1. The molecule has 1 saturated heterocycles. The molecule has 0 aromatic rings. The van der Waals surface area contributed by atoms with Gasteiger partial charge in [0.05, 0.1) is 11.3 Å². The fraction of sp³-hybridized carbons (Fsp3) is 0.826. The van der Waals surface area contributed by atoms with Gasteiger partial charge in [-0.25, -0.2) is 17.5 Å². The molecule has 0 unspecified atom stereocenters. The SMILES string of the molecule is CCCCN(CCCC)CCCNC(=O)C1=C(C)C(=O)OC12CCN(S(=O)(=O)CC)CC2. The van der Waals surface area contributed by atoms with E-state index >= 15 is 0 Å². The predicted molar refractivity (Wildman–Crippen MR) is 126 cm³/mol. The molecule has 1 N–H and O–H groups in total. The first-order valence-electron chi connectivity index (χ1n) is 12.1. The Morgan fingerprint density at radius 1 is 1.06 bits per heavy atom. The van der Waals surface area contributed by atoms with E-state index in [0.29, 0.717) is 30.5 Å². The van der Waals surface area contributed by atoms with Gasteiger partial charge < -0.3 is 15.0 Å². The third-order valence-corrected chi connectivity index (χ3v) is 8.41. The number of carbonyl (C=O) groups excluding carboxylic acids is 2. The zero-order valence-electron chi connectivity index (χ0n) is 20.2. The van der Waals surface area contributed by atoms with Crippen molar-refractivity contribution in [1.82, 2.24) is 14.5 Å². The Morgan fingerprint density at radius 2 is 1.62 bits per heavy atom. The summed E-state index contributed by atoms with van der Waals surface area (Å²) < 4.78 is 31.5. The smallest absolute Gasteiger partial charge is 0.335 e. The van der Waals surface area contributed by atoms with Gasteiger partial charge in [0.15, 0.2) is 0 Å². The molecule has 32 heavy (non-hydrogen) atoms. The Morgan fingerprint density at radius 3 is 2.16 bits per heavy atom. The highest BCUT2D eigenvalue weighted by Gasteiger charge is 2.51. The number of carbonyl (C=O) groups is 2. The Kier molecular flexibility index (Phi) is 10.2. The topological polar surface area (TPSA) is 96.0 Å². The Balaban J connectivity index is 1.95. The number of hydrogen-bond donors (Lipinski definition) is 1. The van der Waals surface area contributed by atoms with Crippen molar-refractivity contribution in [3.63, 3.8) is 0 Å². The molecule has 1 spiro atoms. The van der Waals surface area contributed by atoms with E-state index in [1.54, 1.807) is 13.8 Å². The molecule has 0 aromatic carbocycles. The molecule has 0 aliphatic carbocycles. The summed E-state index contributed by atoms with van der Waals surface area (Å²) >= 11 is 0.